The minimum Gasteiger partial charge on any atom is -0.495 e. The van der Waals surface area contributed by atoms with Crippen LogP contribution >= 0.6 is 0 Å². The summed E-state index contributed by atoms with van der Waals surface area (Å²) in [7, 11) is 1.57. The molecule has 7 heteroatoms. The summed E-state index contributed by atoms with van der Waals surface area (Å²) in [5.41, 5.74) is 1.40. The first-order chi connectivity index (χ1) is 13.0. The Bertz CT molecular complexity index is 906. The number of rotatable bonds is 5. The summed E-state index contributed by atoms with van der Waals surface area (Å²) in [6.45, 7) is 3.03. The normalized spacial score (nSPS) is 14.4. The first-order valence-corrected chi connectivity index (χ1v) is 8.89. The molecular formula is C20H23N3O4. The molecule has 142 valence electrons. The van der Waals surface area contributed by atoms with E-state index in [2.05, 4.69) is 0 Å². The number of para-hydroxylation sites is 2. The van der Waals surface area contributed by atoms with Gasteiger partial charge in [-0.25, -0.2) is 0 Å². The van der Waals surface area contributed by atoms with Gasteiger partial charge in [-0.1, -0.05) is 18.2 Å². The van der Waals surface area contributed by atoms with Gasteiger partial charge in [0.1, 0.15) is 12.3 Å². The average Bonchev–Trinajstić information content (AvgIpc) is 2.67. The Kier molecular flexibility index (Phi) is 5.59. The van der Waals surface area contributed by atoms with Gasteiger partial charge in [0.2, 0.25) is 11.8 Å². The van der Waals surface area contributed by atoms with Gasteiger partial charge in [-0.2, -0.15) is 0 Å². The first kappa shape index (κ1) is 18.7. The standard InChI is InChI=1S/C20H23N3O4/c1-15-6-5-9-19(25)22(15)11-10-18(24)21-12-13-23(20(26)14-21)16-7-3-4-8-17(16)27-2/h3-9H,10-14H2,1-2H3. The van der Waals surface area contributed by atoms with Gasteiger partial charge in [0.05, 0.1) is 12.8 Å². The van der Waals surface area contributed by atoms with Crippen LogP contribution in [0.15, 0.2) is 47.3 Å². The molecule has 1 saturated heterocycles. The zero-order valence-electron chi connectivity index (χ0n) is 15.6. The molecule has 7 nitrogen and oxygen atoms in total. The van der Waals surface area contributed by atoms with Crippen molar-refractivity contribution in [3.63, 3.8) is 0 Å². The van der Waals surface area contributed by atoms with E-state index in [1.54, 1.807) is 33.6 Å². The molecule has 1 aromatic heterocycles. The molecule has 1 fully saturated rings. The maximum atomic E-state index is 12.6. The van der Waals surface area contributed by atoms with Crippen LogP contribution < -0.4 is 15.2 Å². The number of amides is 2. The zero-order chi connectivity index (χ0) is 19.4. The van der Waals surface area contributed by atoms with Gasteiger partial charge in [0, 0.05) is 37.8 Å². The fourth-order valence-corrected chi connectivity index (χ4v) is 3.27. The summed E-state index contributed by atoms with van der Waals surface area (Å²) < 4.78 is 6.90. The molecule has 0 atom stereocenters. The molecule has 0 N–H and O–H groups in total. The van der Waals surface area contributed by atoms with Gasteiger partial charge in [-0.05, 0) is 25.1 Å². The highest BCUT2D eigenvalue weighted by molar-refractivity contribution is 5.99. The molecule has 1 aliphatic rings. The molecule has 2 amide bonds. The number of carbonyl (C=O) groups excluding carboxylic acids is 2. The highest BCUT2D eigenvalue weighted by atomic mass is 16.5. The molecule has 0 bridgehead atoms. The molecule has 0 radical (unpaired) electrons. The van der Waals surface area contributed by atoms with Gasteiger partial charge < -0.3 is 19.1 Å². The highest BCUT2D eigenvalue weighted by Gasteiger charge is 2.29. The Hall–Kier alpha value is -3.09. The molecule has 0 unspecified atom stereocenters. The van der Waals surface area contributed by atoms with Crippen LogP contribution in [0.1, 0.15) is 12.1 Å². The number of hydrogen-bond donors (Lipinski definition) is 0. The molecule has 27 heavy (non-hydrogen) atoms. The lowest BCUT2D eigenvalue weighted by atomic mass is 10.2. The van der Waals surface area contributed by atoms with Crippen LogP contribution in [0, 0.1) is 6.92 Å². The third kappa shape index (κ3) is 4.02. The summed E-state index contributed by atoms with van der Waals surface area (Å²) in [6.07, 6.45) is 0.187. The lowest BCUT2D eigenvalue weighted by molar-refractivity contribution is -0.137. The Morgan fingerprint density at radius 1 is 1.07 bits per heavy atom. The summed E-state index contributed by atoms with van der Waals surface area (Å²) in [4.78, 5) is 40.2. The fourth-order valence-electron chi connectivity index (χ4n) is 3.27. The van der Waals surface area contributed by atoms with E-state index in [4.69, 9.17) is 4.74 Å². The van der Waals surface area contributed by atoms with E-state index in [0.717, 1.165) is 5.69 Å². The van der Waals surface area contributed by atoms with Crippen molar-refractivity contribution in [2.24, 2.45) is 0 Å². The number of aryl methyl sites for hydroxylation is 1. The quantitative estimate of drug-likeness (QED) is 0.799. The van der Waals surface area contributed by atoms with Gasteiger partial charge in [0.15, 0.2) is 0 Å². The van der Waals surface area contributed by atoms with Crippen molar-refractivity contribution in [2.45, 2.75) is 19.9 Å². The first-order valence-electron chi connectivity index (χ1n) is 8.89. The average molecular weight is 369 g/mol. The Balaban J connectivity index is 1.63. The minimum atomic E-state index is -0.146. The number of methoxy groups -OCH3 is 1. The fraction of sp³-hybridized carbons (Fsp3) is 0.350. The van der Waals surface area contributed by atoms with Crippen molar-refractivity contribution in [1.29, 1.82) is 0 Å². The molecule has 0 spiro atoms. The Labute approximate surface area is 157 Å². The maximum Gasteiger partial charge on any atom is 0.250 e. The van der Waals surface area contributed by atoms with Crippen molar-refractivity contribution >= 4 is 17.5 Å². The number of hydrogen-bond acceptors (Lipinski definition) is 4. The van der Waals surface area contributed by atoms with Crippen molar-refractivity contribution in [3.05, 3.63) is 58.5 Å². The van der Waals surface area contributed by atoms with Crippen LogP contribution in [0.2, 0.25) is 0 Å². The topological polar surface area (TPSA) is 71.8 Å². The number of pyridine rings is 1. The van der Waals surface area contributed by atoms with Crippen molar-refractivity contribution in [2.75, 3.05) is 31.6 Å². The molecule has 3 rings (SSSR count). The molecule has 2 heterocycles. The second-order valence-corrected chi connectivity index (χ2v) is 6.44. The maximum absolute atomic E-state index is 12.6. The molecule has 0 saturated carbocycles. The van der Waals surface area contributed by atoms with Gasteiger partial charge >= 0.3 is 0 Å². The monoisotopic (exact) mass is 369 g/mol. The smallest absolute Gasteiger partial charge is 0.250 e. The predicted molar refractivity (Wildman–Crippen MR) is 102 cm³/mol. The van der Waals surface area contributed by atoms with Crippen molar-refractivity contribution < 1.29 is 14.3 Å². The Morgan fingerprint density at radius 2 is 1.85 bits per heavy atom. The lowest BCUT2D eigenvalue weighted by Gasteiger charge is -2.35. The minimum absolute atomic E-state index is 0.0273. The van der Waals surface area contributed by atoms with Crippen molar-refractivity contribution in [1.82, 2.24) is 9.47 Å². The van der Waals surface area contributed by atoms with Gasteiger partial charge in [-0.3, -0.25) is 14.4 Å². The molecule has 1 aliphatic heterocycles. The Morgan fingerprint density at radius 3 is 2.56 bits per heavy atom. The summed E-state index contributed by atoms with van der Waals surface area (Å²) >= 11 is 0. The number of nitrogens with zero attached hydrogens (tertiary/aromatic N) is 3. The zero-order valence-corrected chi connectivity index (χ0v) is 15.6. The van der Waals surface area contributed by atoms with E-state index < -0.39 is 0 Å². The molecule has 2 aromatic rings. The third-order valence-electron chi connectivity index (χ3n) is 4.77. The summed E-state index contributed by atoms with van der Waals surface area (Å²) in [5.74, 6) is 0.356. The second-order valence-electron chi connectivity index (χ2n) is 6.44. The van der Waals surface area contributed by atoms with Crippen LogP contribution in [-0.2, 0) is 16.1 Å². The number of piperazine rings is 1. The van der Waals surface area contributed by atoms with Gasteiger partial charge in [-0.15, -0.1) is 0 Å². The van der Waals surface area contributed by atoms with E-state index in [1.807, 2.05) is 31.2 Å². The van der Waals surface area contributed by atoms with Crippen LogP contribution in [0.25, 0.3) is 0 Å². The van der Waals surface area contributed by atoms with E-state index in [0.29, 0.717) is 31.1 Å². The van der Waals surface area contributed by atoms with E-state index in [9.17, 15) is 14.4 Å². The predicted octanol–water partition coefficient (Wildman–Crippen LogP) is 1.43. The van der Waals surface area contributed by atoms with Crippen LogP contribution in [0.5, 0.6) is 5.75 Å². The van der Waals surface area contributed by atoms with Gasteiger partial charge in [0.25, 0.3) is 5.56 Å². The van der Waals surface area contributed by atoms with E-state index >= 15 is 0 Å². The van der Waals surface area contributed by atoms with Crippen LogP contribution in [-0.4, -0.2) is 48.0 Å². The number of anilines is 1. The molecule has 1 aromatic carbocycles. The lowest BCUT2D eigenvalue weighted by Crippen LogP contribution is -2.52. The summed E-state index contributed by atoms with van der Waals surface area (Å²) in [5, 5.41) is 0. The van der Waals surface area contributed by atoms with E-state index in [1.165, 1.54) is 6.07 Å². The van der Waals surface area contributed by atoms with E-state index in [-0.39, 0.29) is 30.3 Å². The summed E-state index contributed by atoms with van der Waals surface area (Å²) in [6, 6.07) is 12.3. The largest absolute Gasteiger partial charge is 0.495 e. The SMILES string of the molecule is COc1ccccc1N1CCN(C(=O)CCn2c(C)cccc2=O)CC1=O. The number of benzene rings is 1. The highest BCUT2D eigenvalue weighted by Crippen LogP contribution is 2.28. The third-order valence-corrected chi connectivity index (χ3v) is 4.77. The number of carbonyl (C=O) groups is 2. The van der Waals surface area contributed by atoms with Crippen LogP contribution in [0.3, 0.4) is 0 Å². The molecule has 0 aliphatic carbocycles. The number of ether oxygens (including phenoxy) is 1. The number of aromatic nitrogens is 1. The second kappa shape index (κ2) is 8.07. The molecular weight excluding hydrogens is 346 g/mol. The van der Waals surface area contributed by atoms with Crippen LogP contribution in [0.4, 0.5) is 5.69 Å². The van der Waals surface area contributed by atoms with Crippen molar-refractivity contribution in [3.8, 4) is 5.75 Å².